The highest BCUT2D eigenvalue weighted by Crippen LogP contribution is 2.26. The molecule has 29 heavy (non-hydrogen) atoms. The molecule has 0 heterocycles. The van der Waals surface area contributed by atoms with Gasteiger partial charge in [-0.15, -0.1) is 0 Å². The summed E-state index contributed by atoms with van der Waals surface area (Å²) >= 11 is 1.52. The lowest BCUT2D eigenvalue weighted by Crippen LogP contribution is -2.50. The minimum atomic E-state index is -3.93. The summed E-state index contributed by atoms with van der Waals surface area (Å²) in [6, 6.07) is 15.4. The molecule has 1 atom stereocenters. The number of hydrogen-bond acceptors (Lipinski definition) is 5. The summed E-state index contributed by atoms with van der Waals surface area (Å²) in [7, 11) is -3.93. The van der Waals surface area contributed by atoms with Crippen molar-refractivity contribution in [2.24, 2.45) is 5.92 Å². The van der Waals surface area contributed by atoms with Crippen molar-refractivity contribution in [2.45, 2.75) is 31.2 Å². The van der Waals surface area contributed by atoms with Crippen LogP contribution < -0.4 is 5.48 Å². The number of thioether (sulfide) groups is 1. The lowest BCUT2D eigenvalue weighted by atomic mass is 10.1. The van der Waals surface area contributed by atoms with Crippen LogP contribution >= 0.6 is 11.8 Å². The summed E-state index contributed by atoms with van der Waals surface area (Å²) in [5.74, 6) is -0.115. The van der Waals surface area contributed by atoms with Gasteiger partial charge in [0.25, 0.3) is 5.91 Å². The molecular formula is C21H28N2O4S2. The molecule has 6 nitrogen and oxygen atoms in total. The van der Waals surface area contributed by atoms with Crippen LogP contribution in [0.1, 0.15) is 20.3 Å². The van der Waals surface area contributed by atoms with Crippen LogP contribution in [-0.4, -0.2) is 48.4 Å². The van der Waals surface area contributed by atoms with Crippen LogP contribution in [-0.2, 0) is 14.8 Å². The molecule has 2 rings (SSSR count). The van der Waals surface area contributed by atoms with Crippen molar-refractivity contribution in [3.63, 3.8) is 0 Å². The summed E-state index contributed by atoms with van der Waals surface area (Å²) in [5, 5.41) is 9.16. The van der Waals surface area contributed by atoms with Gasteiger partial charge < -0.3 is 0 Å². The van der Waals surface area contributed by atoms with Gasteiger partial charge in [-0.1, -0.05) is 56.3 Å². The van der Waals surface area contributed by atoms with Crippen molar-refractivity contribution in [3.8, 4) is 11.1 Å². The number of hydrogen-bond donors (Lipinski definition) is 2. The molecule has 0 aliphatic carbocycles. The molecule has 2 aromatic rings. The molecule has 0 radical (unpaired) electrons. The molecule has 1 unspecified atom stereocenters. The third-order valence-corrected chi connectivity index (χ3v) is 7.00. The van der Waals surface area contributed by atoms with Crippen molar-refractivity contribution in [2.75, 3.05) is 18.6 Å². The van der Waals surface area contributed by atoms with Crippen molar-refractivity contribution in [3.05, 3.63) is 54.6 Å². The summed E-state index contributed by atoms with van der Waals surface area (Å²) in [5.41, 5.74) is 3.53. The Balaban J connectivity index is 2.41. The van der Waals surface area contributed by atoms with Gasteiger partial charge in [0.1, 0.15) is 6.04 Å². The SMILES string of the molecule is CSCCC(C(=O)NO)N(CC(C)C)S(=O)(=O)c1ccc(-c2ccccc2)cc1. The van der Waals surface area contributed by atoms with E-state index in [-0.39, 0.29) is 17.4 Å². The van der Waals surface area contributed by atoms with Gasteiger partial charge in [0, 0.05) is 6.54 Å². The van der Waals surface area contributed by atoms with Gasteiger partial charge in [-0.05, 0) is 47.6 Å². The fourth-order valence-electron chi connectivity index (χ4n) is 3.05. The monoisotopic (exact) mass is 436 g/mol. The number of hydroxylamine groups is 1. The molecule has 0 spiro atoms. The van der Waals surface area contributed by atoms with Gasteiger partial charge in [0.05, 0.1) is 4.90 Å². The molecular weight excluding hydrogens is 408 g/mol. The first-order valence-corrected chi connectivity index (χ1v) is 12.2. The smallest absolute Gasteiger partial charge is 0.261 e. The van der Waals surface area contributed by atoms with Gasteiger partial charge in [0.2, 0.25) is 10.0 Å². The van der Waals surface area contributed by atoms with Crippen LogP contribution in [0.3, 0.4) is 0 Å². The highest BCUT2D eigenvalue weighted by Gasteiger charge is 2.36. The predicted molar refractivity (Wildman–Crippen MR) is 117 cm³/mol. The van der Waals surface area contributed by atoms with Crippen LogP contribution in [0.15, 0.2) is 59.5 Å². The molecule has 0 saturated heterocycles. The second-order valence-corrected chi connectivity index (χ2v) is 10.0. The Morgan fingerprint density at radius 1 is 1.07 bits per heavy atom. The molecule has 0 aliphatic heterocycles. The summed E-state index contributed by atoms with van der Waals surface area (Å²) in [6.45, 7) is 3.96. The molecule has 8 heteroatoms. The van der Waals surface area contributed by atoms with E-state index in [0.29, 0.717) is 12.2 Å². The Hall–Kier alpha value is -1.87. The Morgan fingerprint density at radius 3 is 2.17 bits per heavy atom. The van der Waals surface area contributed by atoms with Gasteiger partial charge in [-0.25, -0.2) is 13.9 Å². The van der Waals surface area contributed by atoms with E-state index in [9.17, 15) is 13.2 Å². The second kappa shape index (κ2) is 10.8. The first-order chi connectivity index (χ1) is 13.8. The average molecular weight is 437 g/mol. The number of benzene rings is 2. The molecule has 0 aromatic heterocycles. The van der Waals surface area contributed by atoms with E-state index in [1.54, 1.807) is 29.7 Å². The normalized spacial score (nSPS) is 12.9. The molecule has 0 aliphatic rings. The Bertz CT molecular complexity index is 885. The third kappa shape index (κ3) is 6.05. The quantitative estimate of drug-likeness (QED) is 0.439. The zero-order chi connectivity index (χ0) is 21.4. The number of nitrogens with one attached hydrogen (secondary N) is 1. The molecule has 2 aromatic carbocycles. The molecule has 0 bridgehead atoms. The highest BCUT2D eigenvalue weighted by atomic mass is 32.2. The Morgan fingerprint density at radius 2 is 1.66 bits per heavy atom. The number of sulfonamides is 1. The highest BCUT2D eigenvalue weighted by molar-refractivity contribution is 7.98. The van der Waals surface area contributed by atoms with Crippen molar-refractivity contribution < 1.29 is 18.4 Å². The standard InChI is InChI=1S/C21H28N2O4S2/c1-16(2)15-23(20(13-14-28-3)21(24)22-25)29(26,27)19-11-9-18(10-12-19)17-7-5-4-6-8-17/h4-12,16,20,25H,13-15H2,1-3H3,(H,22,24). The predicted octanol–water partition coefficient (Wildman–Crippen LogP) is 3.63. The van der Waals surface area contributed by atoms with E-state index in [0.717, 1.165) is 11.1 Å². The fraction of sp³-hybridized carbons (Fsp3) is 0.381. The van der Waals surface area contributed by atoms with Crippen molar-refractivity contribution >= 4 is 27.7 Å². The Labute approximate surface area is 177 Å². The first-order valence-electron chi connectivity index (χ1n) is 9.41. The van der Waals surface area contributed by atoms with Gasteiger partial charge in [0.15, 0.2) is 0 Å². The summed E-state index contributed by atoms with van der Waals surface area (Å²) in [4.78, 5) is 12.4. The number of amides is 1. The van der Waals surface area contributed by atoms with Crippen molar-refractivity contribution in [1.82, 2.24) is 9.79 Å². The van der Waals surface area contributed by atoms with Crippen LogP contribution in [0.4, 0.5) is 0 Å². The molecule has 158 valence electrons. The maximum atomic E-state index is 13.4. The van der Waals surface area contributed by atoms with Gasteiger partial charge in [-0.2, -0.15) is 16.1 Å². The zero-order valence-electron chi connectivity index (χ0n) is 16.9. The third-order valence-electron chi connectivity index (χ3n) is 4.47. The van der Waals surface area contributed by atoms with E-state index < -0.39 is 22.0 Å². The van der Waals surface area contributed by atoms with E-state index >= 15 is 0 Å². The number of carbonyl (C=O) groups is 1. The summed E-state index contributed by atoms with van der Waals surface area (Å²) in [6.07, 6.45) is 2.19. The van der Waals surface area contributed by atoms with E-state index in [1.165, 1.54) is 16.1 Å². The lowest BCUT2D eigenvalue weighted by Gasteiger charge is -2.30. The average Bonchev–Trinajstić information content (AvgIpc) is 2.73. The minimum Gasteiger partial charge on any atom is -0.289 e. The topological polar surface area (TPSA) is 86.7 Å². The largest absolute Gasteiger partial charge is 0.289 e. The van der Waals surface area contributed by atoms with Crippen molar-refractivity contribution in [1.29, 1.82) is 0 Å². The molecule has 1 amide bonds. The maximum Gasteiger partial charge on any atom is 0.261 e. The van der Waals surface area contributed by atoms with Crippen LogP contribution in [0.2, 0.25) is 0 Å². The number of carbonyl (C=O) groups excluding carboxylic acids is 1. The second-order valence-electron chi connectivity index (χ2n) is 7.13. The molecule has 2 N–H and O–H groups in total. The van der Waals surface area contributed by atoms with Gasteiger partial charge >= 0.3 is 0 Å². The van der Waals surface area contributed by atoms with Crippen LogP contribution in [0.25, 0.3) is 11.1 Å². The maximum absolute atomic E-state index is 13.4. The van der Waals surface area contributed by atoms with E-state index in [2.05, 4.69) is 0 Å². The minimum absolute atomic E-state index is 0.0108. The number of nitrogens with zero attached hydrogens (tertiary/aromatic N) is 1. The van der Waals surface area contributed by atoms with Gasteiger partial charge in [-0.3, -0.25) is 10.0 Å². The lowest BCUT2D eigenvalue weighted by molar-refractivity contribution is -0.133. The van der Waals surface area contributed by atoms with E-state index in [1.807, 2.05) is 50.4 Å². The summed E-state index contributed by atoms with van der Waals surface area (Å²) < 4.78 is 28.0. The fourth-order valence-corrected chi connectivity index (χ4v) is 5.29. The van der Waals surface area contributed by atoms with Crippen LogP contribution in [0, 0.1) is 5.92 Å². The molecule has 0 saturated carbocycles. The zero-order valence-corrected chi connectivity index (χ0v) is 18.5. The first kappa shape index (κ1) is 23.4. The molecule has 0 fully saturated rings. The van der Waals surface area contributed by atoms with Crippen LogP contribution in [0.5, 0.6) is 0 Å². The van der Waals surface area contributed by atoms with E-state index in [4.69, 9.17) is 5.21 Å². The Kier molecular flexibility index (Phi) is 8.70. The number of rotatable bonds is 10.